The van der Waals surface area contributed by atoms with Crippen LogP contribution in [0.4, 0.5) is 5.69 Å². The van der Waals surface area contributed by atoms with Crippen molar-refractivity contribution in [3.8, 4) is 0 Å². The Bertz CT molecular complexity index is 1220. The number of ketones is 1. The highest BCUT2D eigenvalue weighted by Crippen LogP contribution is 2.32. The Labute approximate surface area is 178 Å². The molecule has 2 aromatic heterocycles. The van der Waals surface area contributed by atoms with Gasteiger partial charge in [0.05, 0.1) is 23.3 Å². The molecule has 4 aromatic rings. The summed E-state index contributed by atoms with van der Waals surface area (Å²) in [5, 5.41) is 0.947. The van der Waals surface area contributed by atoms with Gasteiger partial charge in [0.25, 0.3) is 0 Å². The number of rotatable bonds is 4. The van der Waals surface area contributed by atoms with E-state index in [2.05, 4.69) is 9.29 Å². The second-order valence-electron chi connectivity index (χ2n) is 7.26. The van der Waals surface area contributed by atoms with E-state index < -0.39 is 0 Å². The zero-order chi connectivity index (χ0) is 20.5. The van der Waals surface area contributed by atoms with E-state index in [9.17, 15) is 9.59 Å². The minimum absolute atomic E-state index is 0.0446. The number of benzene rings is 2. The van der Waals surface area contributed by atoms with Crippen LogP contribution in [0.15, 0.2) is 85.3 Å². The van der Waals surface area contributed by atoms with Crippen molar-refractivity contribution in [3.05, 3.63) is 96.4 Å². The fourth-order valence-electron chi connectivity index (χ4n) is 3.73. The summed E-state index contributed by atoms with van der Waals surface area (Å²) in [6, 6.07) is 20.6. The second kappa shape index (κ2) is 7.80. The summed E-state index contributed by atoms with van der Waals surface area (Å²) < 4.78 is 3.81. The molecular weight excluding hydrogens is 394 g/mol. The number of hydrogen-bond donors (Lipinski definition) is 0. The first kappa shape index (κ1) is 18.6. The van der Waals surface area contributed by atoms with Crippen LogP contribution in [0.1, 0.15) is 20.7 Å². The first-order valence-electron chi connectivity index (χ1n) is 9.76. The summed E-state index contributed by atoms with van der Waals surface area (Å²) in [4.78, 5) is 30.3. The van der Waals surface area contributed by atoms with Crippen molar-refractivity contribution in [2.75, 3.05) is 16.6 Å². The van der Waals surface area contributed by atoms with E-state index in [0.29, 0.717) is 17.7 Å². The first-order valence-corrected chi connectivity index (χ1v) is 10.7. The number of carbonyl (C=O) groups is 2. The molecule has 1 aliphatic heterocycles. The van der Waals surface area contributed by atoms with Crippen molar-refractivity contribution in [1.82, 2.24) is 9.55 Å². The molecule has 3 heterocycles. The van der Waals surface area contributed by atoms with Gasteiger partial charge in [-0.25, -0.2) is 0 Å². The zero-order valence-electron chi connectivity index (χ0n) is 16.1. The number of fused-ring (bicyclic) bond motifs is 1. The minimum Gasteiger partial charge on any atom is -0.314 e. The minimum atomic E-state index is -0.126. The van der Waals surface area contributed by atoms with E-state index in [0.717, 1.165) is 22.3 Å². The van der Waals surface area contributed by atoms with Gasteiger partial charge in [-0.3, -0.25) is 19.1 Å². The molecule has 6 heteroatoms. The van der Waals surface area contributed by atoms with Gasteiger partial charge < -0.3 is 4.31 Å². The number of anilines is 1. The van der Waals surface area contributed by atoms with Gasteiger partial charge in [-0.15, -0.1) is 0 Å². The molecule has 1 fully saturated rings. The standard InChI is InChI=1S/C24H19N3O2S/c28-23(18-5-2-1-3-6-18)19-9-8-17-10-12-26(22(17)13-19)24(29)20-15-27(30-16-20)21-7-4-11-25-14-21/h1-14,20H,15-16H2. The van der Waals surface area contributed by atoms with Crippen LogP contribution in [-0.4, -0.2) is 33.5 Å². The summed E-state index contributed by atoms with van der Waals surface area (Å²) >= 11 is 1.64. The number of carbonyl (C=O) groups excluding carboxylic acids is 2. The Hall–Kier alpha value is -3.38. The van der Waals surface area contributed by atoms with Crippen LogP contribution in [0.3, 0.4) is 0 Å². The maximum atomic E-state index is 13.3. The van der Waals surface area contributed by atoms with Gasteiger partial charge in [-0.05, 0) is 36.2 Å². The lowest BCUT2D eigenvalue weighted by atomic mass is 10.0. The average molecular weight is 414 g/mol. The molecule has 0 radical (unpaired) electrons. The summed E-state index contributed by atoms with van der Waals surface area (Å²) in [5.41, 5.74) is 3.00. The van der Waals surface area contributed by atoms with Gasteiger partial charge in [0, 0.05) is 41.2 Å². The molecule has 0 saturated carbocycles. The molecule has 2 aromatic carbocycles. The third kappa shape index (κ3) is 3.39. The second-order valence-corrected chi connectivity index (χ2v) is 8.29. The van der Waals surface area contributed by atoms with Gasteiger partial charge >= 0.3 is 0 Å². The SMILES string of the molecule is O=C(c1ccccc1)c1ccc2ccn(C(=O)C3CSN(c4cccnc4)C3)c2c1. The largest absolute Gasteiger partial charge is 0.314 e. The smallest absolute Gasteiger partial charge is 0.236 e. The lowest BCUT2D eigenvalue weighted by Gasteiger charge is -2.16. The van der Waals surface area contributed by atoms with Crippen LogP contribution in [0.2, 0.25) is 0 Å². The Morgan fingerprint density at radius 1 is 0.967 bits per heavy atom. The van der Waals surface area contributed by atoms with Gasteiger partial charge in [0.1, 0.15) is 0 Å². The number of pyridine rings is 1. The molecule has 148 valence electrons. The van der Waals surface area contributed by atoms with E-state index in [4.69, 9.17) is 0 Å². The lowest BCUT2D eigenvalue weighted by molar-refractivity contribution is 0.0861. The van der Waals surface area contributed by atoms with Crippen molar-refractivity contribution in [2.45, 2.75) is 0 Å². The molecule has 0 aliphatic carbocycles. The molecule has 1 atom stereocenters. The van der Waals surface area contributed by atoms with Gasteiger partial charge in [-0.2, -0.15) is 0 Å². The van der Waals surface area contributed by atoms with Gasteiger partial charge in [0.2, 0.25) is 5.91 Å². The summed E-state index contributed by atoms with van der Waals surface area (Å²) in [5.74, 6) is 0.597. The Kier molecular flexibility index (Phi) is 4.85. The monoisotopic (exact) mass is 413 g/mol. The molecule has 0 spiro atoms. The van der Waals surface area contributed by atoms with Crippen LogP contribution < -0.4 is 4.31 Å². The van der Waals surface area contributed by atoms with Crippen molar-refractivity contribution in [1.29, 1.82) is 0 Å². The molecule has 5 rings (SSSR count). The normalized spacial score (nSPS) is 16.1. The quantitative estimate of drug-likeness (QED) is 0.359. The number of hydrogen-bond acceptors (Lipinski definition) is 5. The fraction of sp³-hybridized carbons (Fsp3) is 0.125. The van der Waals surface area contributed by atoms with Crippen LogP contribution in [0, 0.1) is 5.92 Å². The van der Waals surface area contributed by atoms with E-state index in [-0.39, 0.29) is 17.6 Å². The molecule has 0 bridgehead atoms. The van der Waals surface area contributed by atoms with Crippen molar-refractivity contribution >= 4 is 40.2 Å². The topological polar surface area (TPSA) is 55.2 Å². The van der Waals surface area contributed by atoms with Crippen LogP contribution in [0.25, 0.3) is 10.9 Å². The van der Waals surface area contributed by atoms with Crippen molar-refractivity contribution in [3.63, 3.8) is 0 Å². The van der Waals surface area contributed by atoms with E-state index in [1.807, 2.05) is 60.8 Å². The van der Waals surface area contributed by atoms with Crippen molar-refractivity contribution < 1.29 is 9.59 Å². The zero-order valence-corrected chi connectivity index (χ0v) is 17.0. The molecule has 1 unspecified atom stereocenters. The molecule has 0 amide bonds. The van der Waals surface area contributed by atoms with Crippen LogP contribution >= 0.6 is 11.9 Å². The summed E-state index contributed by atoms with van der Waals surface area (Å²) in [6.07, 6.45) is 5.36. The third-order valence-corrected chi connectivity index (χ3v) is 6.55. The molecule has 0 N–H and O–H groups in total. The van der Waals surface area contributed by atoms with Gasteiger partial charge in [-0.1, -0.05) is 42.5 Å². The molecule has 5 nitrogen and oxygen atoms in total. The lowest BCUT2D eigenvalue weighted by Crippen LogP contribution is -2.26. The Morgan fingerprint density at radius 2 is 1.83 bits per heavy atom. The Morgan fingerprint density at radius 3 is 2.63 bits per heavy atom. The fourth-order valence-corrected chi connectivity index (χ4v) is 4.88. The third-order valence-electron chi connectivity index (χ3n) is 5.33. The predicted molar refractivity (Wildman–Crippen MR) is 120 cm³/mol. The highest BCUT2D eigenvalue weighted by Gasteiger charge is 2.31. The maximum absolute atomic E-state index is 13.3. The van der Waals surface area contributed by atoms with E-state index >= 15 is 0 Å². The van der Waals surface area contributed by atoms with Gasteiger partial charge in [0.15, 0.2) is 5.78 Å². The highest BCUT2D eigenvalue weighted by molar-refractivity contribution is 8.00. The summed E-state index contributed by atoms with van der Waals surface area (Å²) in [7, 11) is 0. The van der Waals surface area contributed by atoms with Crippen LogP contribution in [0.5, 0.6) is 0 Å². The summed E-state index contributed by atoms with van der Waals surface area (Å²) in [6.45, 7) is 0.636. The van der Waals surface area contributed by atoms with E-state index in [1.54, 1.807) is 41.0 Å². The molecule has 30 heavy (non-hydrogen) atoms. The van der Waals surface area contributed by atoms with Crippen LogP contribution in [-0.2, 0) is 0 Å². The Balaban J connectivity index is 1.42. The maximum Gasteiger partial charge on any atom is 0.236 e. The highest BCUT2D eigenvalue weighted by atomic mass is 32.2. The molecule has 1 saturated heterocycles. The van der Waals surface area contributed by atoms with Crippen molar-refractivity contribution in [2.24, 2.45) is 5.92 Å². The molecular formula is C24H19N3O2S. The average Bonchev–Trinajstić information content (AvgIpc) is 3.46. The number of aromatic nitrogens is 2. The van der Waals surface area contributed by atoms with E-state index in [1.165, 1.54) is 0 Å². The first-order chi connectivity index (χ1) is 14.7. The molecule has 1 aliphatic rings. The predicted octanol–water partition coefficient (Wildman–Crippen LogP) is 4.69. The number of nitrogens with zero attached hydrogens (tertiary/aromatic N) is 3.